The van der Waals surface area contributed by atoms with E-state index in [1.165, 1.54) is 17.8 Å². The van der Waals surface area contributed by atoms with E-state index < -0.39 is 0 Å². The number of halogens is 1. The molecule has 0 saturated carbocycles. The Labute approximate surface area is 98.7 Å². The van der Waals surface area contributed by atoms with E-state index in [0.717, 1.165) is 5.69 Å². The highest BCUT2D eigenvalue weighted by Gasteiger charge is 2.10. The van der Waals surface area contributed by atoms with Gasteiger partial charge in [-0.15, -0.1) is 11.8 Å². The Morgan fingerprint density at radius 2 is 2.25 bits per heavy atom. The Balaban J connectivity index is 2.14. The van der Waals surface area contributed by atoms with Crippen molar-refractivity contribution in [2.45, 2.75) is 17.1 Å². The van der Waals surface area contributed by atoms with Crippen molar-refractivity contribution in [1.29, 1.82) is 0 Å². The summed E-state index contributed by atoms with van der Waals surface area (Å²) < 4.78 is 13.4. The lowest BCUT2D eigenvalue weighted by molar-refractivity contribution is 0.601. The smallest absolute Gasteiger partial charge is 0.137 e. The van der Waals surface area contributed by atoms with Gasteiger partial charge in [0, 0.05) is 16.3 Å². The minimum atomic E-state index is -0.227. The second kappa shape index (κ2) is 5.12. The van der Waals surface area contributed by atoms with Gasteiger partial charge in [-0.05, 0) is 37.3 Å². The molecule has 0 spiro atoms. The second-order valence-electron chi connectivity index (χ2n) is 3.37. The number of nitrogens with zero attached hydrogens (tertiary/aromatic N) is 1. The van der Waals surface area contributed by atoms with Crippen molar-refractivity contribution in [3.63, 3.8) is 0 Å². The molecule has 3 heteroatoms. The molecular formula is C13H11FNS. The highest BCUT2D eigenvalue weighted by Crippen LogP contribution is 2.34. The van der Waals surface area contributed by atoms with Gasteiger partial charge in [0.15, 0.2) is 0 Å². The van der Waals surface area contributed by atoms with E-state index in [9.17, 15) is 4.39 Å². The molecule has 2 aromatic rings. The third-order valence-corrected chi connectivity index (χ3v) is 3.36. The first kappa shape index (κ1) is 11.1. The van der Waals surface area contributed by atoms with Crippen molar-refractivity contribution < 1.29 is 4.39 Å². The summed E-state index contributed by atoms with van der Waals surface area (Å²) in [6, 6.07) is 13.3. The summed E-state index contributed by atoms with van der Waals surface area (Å²) in [4.78, 5) is 4.89. The number of thioether (sulfide) groups is 1. The molecule has 0 aliphatic heterocycles. The topological polar surface area (TPSA) is 12.9 Å². The molecule has 0 saturated heterocycles. The van der Waals surface area contributed by atoms with Crippen LogP contribution in [0.5, 0.6) is 0 Å². The van der Waals surface area contributed by atoms with E-state index >= 15 is 0 Å². The average Bonchev–Trinajstić information content (AvgIpc) is 2.33. The summed E-state index contributed by atoms with van der Waals surface area (Å²) in [6.45, 7) is 2.02. The van der Waals surface area contributed by atoms with Crippen LogP contribution in [0.1, 0.15) is 17.9 Å². The summed E-state index contributed by atoms with van der Waals surface area (Å²) in [7, 11) is 0. The number of hydrogen-bond acceptors (Lipinski definition) is 2. The van der Waals surface area contributed by atoms with Crippen molar-refractivity contribution in [3.05, 3.63) is 60.2 Å². The molecule has 1 nitrogen and oxygen atoms in total. The molecule has 1 aromatic carbocycles. The van der Waals surface area contributed by atoms with Gasteiger partial charge in [0.1, 0.15) is 5.82 Å². The molecule has 81 valence electrons. The van der Waals surface area contributed by atoms with Gasteiger partial charge in [-0.25, -0.2) is 4.39 Å². The predicted molar refractivity (Wildman–Crippen MR) is 63.7 cm³/mol. The van der Waals surface area contributed by atoms with Gasteiger partial charge in [0.2, 0.25) is 0 Å². The SMILES string of the molecule is CC(Sc1cc[c]cc1F)c1ccccn1. The molecule has 0 N–H and O–H groups in total. The standard InChI is InChI=1S/C13H11FNS/c1-10(12-7-4-5-9-15-12)16-13-8-3-2-6-11(13)14/h3-10H,1H3. The summed E-state index contributed by atoms with van der Waals surface area (Å²) >= 11 is 1.47. The third kappa shape index (κ3) is 2.61. The van der Waals surface area contributed by atoms with Crippen molar-refractivity contribution in [3.8, 4) is 0 Å². The lowest BCUT2D eigenvalue weighted by Crippen LogP contribution is -1.92. The third-order valence-electron chi connectivity index (χ3n) is 2.18. The van der Waals surface area contributed by atoms with Gasteiger partial charge < -0.3 is 0 Å². The maximum absolute atomic E-state index is 13.4. The molecular weight excluding hydrogens is 221 g/mol. The number of hydrogen-bond donors (Lipinski definition) is 0. The highest BCUT2D eigenvalue weighted by atomic mass is 32.2. The fraction of sp³-hybridized carbons (Fsp3) is 0.154. The normalized spacial score (nSPS) is 12.4. The van der Waals surface area contributed by atoms with E-state index in [1.54, 1.807) is 18.3 Å². The van der Waals surface area contributed by atoms with Crippen LogP contribution in [-0.2, 0) is 0 Å². The van der Waals surface area contributed by atoms with Gasteiger partial charge in [-0.3, -0.25) is 4.98 Å². The lowest BCUT2D eigenvalue weighted by Gasteiger charge is -2.10. The number of rotatable bonds is 3. The van der Waals surface area contributed by atoms with Crippen LogP contribution in [-0.4, -0.2) is 4.98 Å². The molecule has 1 aromatic heterocycles. The van der Waals surface area contributed by atoms with E-state index in [1.807, 2.05) is 25.1 Å². The Hall–Kier alpha value is -1.35. The fourth-order valence-electron chi connectivity index (χ4n) is 1.36. The van der Waals surface area contributed by atoms with Crippen LogP contribution < -0.4 is 0 Å². The zero-order valence-electron chi connectivity index (χ0n) is 8.85. The van der Waals surface area contributed by atoms with Crippen LogP contribution in [0.4, 0.5) is 4.39 Å². The average molecular weight is 232 g/mol. The van der Waals surface area contributed by atoms with E-state index in [4.69, 9.17) is 0 Å². The molecule has 1 radical (unpaired) electrons. The van der Waals surface area contributed by atoms with Crippen LogP contribution in [0, 0.1) is 11.9 Å². The van der Waals surface area contributed by atoms with Crippen molar-refractivity contribution in [1.82, 2.24) is 4.98 Å². The van der Waals surface area contributed by atoms with Gasteiger partial charge in [-0.1, -0.05) is 12.1 Å². The predicted octanol–water partition coefficient (Wildman–Crippen LogP) is 3.87. The summed E-state index contributed by atoms with van der Waals surface area (Å²) in [6.07, 6.45) is 1.75. The summed E-state index contributed by atoms with van der Waals surface area (Å²) in [5.74, 6) is -0.227. The van der Waals surface area contributed by atoms with Gasteiger partial charge in [-0.2, -0.15) is 0 Å². The van der Waals surface area contributed by atoms with Crippen molar-refractivity contribution >= 4 is 11.8 Å². The first-order valence-corrected chi connectivity index (χ1v) is 5.88. The van der Waals surface area contributed by atoms with E-state index in [2.05, 4.69) is 11.1 Å². The zero-order chi connectivity index (χ0) is 11.4. The molecule has 0 aliphatic carbocycles. The molecule has 16 heavy (non-hydrogen) atoms. The van der Waals surface area contributed by atoms with Crippen LogP contribution in [0.25, 0.3) is 0 Å². The highest BCUT2D eigenvalue weighted by molar-refractivity contribution is 7.99. The molecule has 2 rings (SSSR count). The number of aromatic nitrogens is 1. The first-order valence-electron chi connectivity index (χ1n) is 5.00. The second-order valence-corrected chi connectivity index (χ2v) is 4.75. The largest absolute Gasteiger partial charge is 0.260 e. The zero-order valence-corrected chi connectivity index (χ0v) is 9.67. The van der Waals surface area contributed by atoms with Gasteiger partial charge >= 0.3 is 0 Å². The first-order chi connectivity index (χ1) is 7.77. The Morgan fingerprint density at radius 3 is 2.94 bits per heavy atom. The minimum Gasteiger partial charge on any atom is -0.260 e. The lowest BCUT2D eigenvalue weighted by atomic mass is 10.3. The Bertz CT molecular complexity index is 458. The molecule has 0 aliphatic rings. The van der Waals surface area contributed by atoms with Crippen molar-refractivity contribution in [2.24, 2.45) is 0 Å². The van der Waals surface area contributed by atoms with Crippen LogP contribution in [0.2, 0.25) is 0 Å². The van der Waals surface area contributed by atoms with E-state index in [0.29, 0.717) is 4.90 Å². The summed E-state index contributed by atoms with van der Waals surface area (Å²) in [5.41, 5.74) is 0.958. The van der Waals surface area contributed by atoms with Gasteiger partial charge in [0.05, 0.1) is 5.69 Å². The maximum atomic E-state index is 13.4. The molecule has 1 unspecified atom stereocenters. The number of pyridine rings is 1. The van der Waals surface area contributed by atoms with Crippen LogP contribution in [0.3, 0.4) is 0 Å². The minimum absolute atomic E-state index is 0.137. The van der Waals surface area contributed by atoms with E-state index in [-0.39, 0.29) is 11.1 Å². The fourth-order valence-corrected chi connectivity index (χ4v) is 2.32. The van der Waals surface area contributed by atoms with Crippen LogP contribution >= 0.6 is 11.8 Å². The quantitative estimate of drug-likeness (QED) is 0.745. The molecule has 1 heterocycles. The van der Waals surface area contributed by atoms with Crippen molar-refractivity contribution in [2.75, 3.05) is 0 Å². The summed E-state index contributed by atoms with van der Waals surface area (Å²) in [5, 5.41) is 0.137. The molecule has 0 amide bonds. The molecule has 1 atom stereocenters. The molecule has 0 bridgehead atoms. The monoisotopic (exact) mass is 232 g/mol. The van der Waals surface area contributed by atoms with Gasteiger partial charge in [0.25, 0.3) is 0 Å². The van der Waals surface area contributed by atoms with Crippen LogP contribution in [0.15, 0.2) is 47.5 Å². The molecule has 0 fully saturated rings. The number of benzene rings is 1. The maximum Gasteiger partial charge on any atom is 0.137 e. The Kier molecular flexibility index (Phi) is 3.57. The Morgan fingerprint density at radius 1 is 1.38 bits per heavy atom.